The number of nitrogens with one attached hydrogen (secondary N) is 1. The molecule has 0 aliphatic carbocycles. The first-order valence-electron chi connectivity index (χ1n) is 11.3. The van der Waals surface area contributed by atoms with Gasteiger partial charge in [0.25, 0.3) is 0 Å². The summed E-state index contributed by atoms with van der Waals surface area (Å²) in [5.41, 5.74) is 3.40. The van der Waals surface area contributed by atoms with Crippen LogP contribution in [0.5, 0.6) is 11.5 Å². The average Bonchev–Trinajstić information content (AvgIpc) is 2.74. The van der Waals surface area contributed by atoms with Gasteiger partial charge in [-0.15, -0.1) is 0 Å². The lowest BCUT2D eigenvalue weighted by Crippen LogP contribution is -2.45. The fourth-order valence-electron chi connectivity index (χ4n) is 4.76. The minimum absolute atomic E-state index is 0.0397. The van der Waals surface area contributed by atoms with Crippen LogP contribution >= 0.6 is 0 Å². The zero-order valence-corrected chi connectivity index (χ0v) is 19.1. The van der Waals surface area contributed by atoms with Crippen molar-refractivity contribution in [1.82, 2.24) is 10.2 Å². The standard InChI is InChI=1S/C26H34N2O3/c1-18-7-5-6-8-20(18)17-28-13-11-19(12-14-28)25(29)27-23-16-26(2,3)31-24-15-21(30-4)9-10-22(23)24/h5-10,15,19,23H,11-14,16-17H2,1-4H3,(H,27,29)/t23-/m1/s1. The maximum absolute atomic E-state index is 13.1. The topological polar surface area (TPSA) is 50.8 Å². The van der Waals surface area contributed by atoms with Gasteiger partial charge in [0.15, 0.2) is 0 Å². The lowest BCUT2D eigenvalue weighted by atomic mass is 9.88. The summed E-state index contributed by atoms with van der Waals surface area (Å²) >= 11 is 0. The molecular formula is C26H34N2O3. The Morgan fingerprint density at radius 3 is 2.65 bits per heavy atom. The summed E-state index contributed by atoms with van der Waals surface area (Å²) in [6, 6.07) is 14.4. The van der Waals surface area contributed by atoms with Crippen LogP contribution in [0.1, 0.15) is 55.8 Å². The molecule has 0 unspecified atom stereocenters. The van der Waals surface area contributed by atoms with Gasteiger partial charge in [0.1, 0.15) is 17.1 Å². The van der Waals surface area contributed by atoms with Crippen molar-refractivity contribution in [3.05, 3.63) is 59.2 Å². The number of benzene rings is 2. The fraction of sp³-hybridized carbons (Fsp3) is 0.500. The molecule has 2 heterocycles. The average molecular weight is 423 g/mol. The van der Waals surface area contributed by atoms with E-state index in [-0.39, 0.29) is 23.5 Å². The van der Waals surface area contributed by atoms with Gasteiger partial charge in [0, 0.05) is 30.5 Å². The molecule has 5 nitrogen and oxygen atoms in total. The molecule has 2 aromatic rings. The van der Waals surface area contributed by atoms with Crippen LogP contribution in [0, 0.1) is 12.8 Å². The summed E-state index contributed by atoms with van der Waals surface area (Å²) in [5.74, 6) is 1.80. The van der Waals surface area contributed by atoms with Crippen molar-refractivity contribution in [2.75, 3.05) is 20.2 Å². The van der Waals surface area contributed by atoms with E-state index >= 15 is 0 Å². The SMILES string of the molecule is COc1ccc2c(c1)OC(C)(C)C[C@H]2NC(=O)C1CCN(Cc2ccccc2C)CC1. The molecule has 0 saturated carbocycles. The number of ether oxygens (including phenoxy) is 2. The summed E-state index contributed by atoms with van der Waals surface area (Å²) in [7, 11) is 1.65. The monoisotopic (exact) mass is 422 g/mol. The summed E-state index contributed by atoms with van der Waals surface area (Å²) in [6.45, 7) is 9.18. The number of piperidine rings is 1. The van der Waals surface area contributed by atoms with Gasteiger partial charge in [-0.05, 0) is 70.0 Å². The Labute approximate surface area is 185 Å². The van der Waals surface area contributed by atoms with E-state index in [9.17, 15) is 4.79 Å². The summed E-state index contributed by atoms with van der Waals surface area (Å²) in [4.78, 5) is 15.6. The highest BCUT2D eigenvalue weighted by Crippen LogP contribution is 2.41. The minimum Gasteiger partial charge on any atom is -0.497 e. The number of fused-ring (bicyclic) bond motifs is 1. The molecule has 1 atom stereocenters. The highest BCUT2D eigenvalue weighted by atomic mass is 16.5. The first kappa shape index (κ1) is 21.7. The third kappa shape index (κ3) is 5.04. The largest absolute Gasteiger partial charge is 0.497 e. The van der Waals surface area contributed by atoms with E-state index in [1.165, 1.54) is 11.1 Å². The lowest BCUT2D eigenvalue weighted by molar-refractivity contribution is -0.127. The van der Waals surface area contributed by atoms with Crippen molar-refractivity contribution >= 4 is 5.91 Å². The quantitative estimate of drug-likeness (QED) is 0.763. The summed E-state index contributed by atoms with van der Waals surface area (Å²) in [5, 5.41) is 3.33. The second kappa shape index (κ2) is 8.91. The molecule has 0 radical (unpaired) electrons. The Hall–Kier alpha value is -2.53. The Morgan fingerprint density at radius 2 is 1.94 bits per heavy atom. The predicted molar refractivity (Wildman–Crippen MR) is 122 cm³/mol. The maximum Gasteiger partial charge on any atom is 0.223 e. The van der Waals surface area contributed by atoms with Crippen LogP contribution in [0.4, 0.5) is 0 Å². The number of rotatable bonds is 5. The maximum atomic E-state index is 13.1. The van der Waals surface area contributed by atoms with Crippen molar-refractivity contribution in [3.63, 3.8) is 0 Å². The zero-order chi connectivity index (χ0) is 22.0. The number of carbonyl (C=O) groups is 1. The smallest absolute Gasteiger partial charge is 0.223 e. The van der Waals surface area contributed by atoms with Gasteiger partial charge < -0.3 is 14.8 Å². The van der Waals surface area contributed by atoms with Crippen molar-refractivity contribution in [2.24, 2.45) is 5.92 Å². The van der Waals surface area contributed by atoms with Gasteiger partial charge in [-0.3, -0.25) is 9.69 Å². The van der Waals surface area contributed by atoms with E-state index in [4.69, 9.17) is 9.47 Å². The minimum atomic E-state index is -0.339. The Kier molecular flexibility index (Phi) is 6.24. The van der Waals surface area contributed by atoms with Crippen LogP contribution in [0.25, 0.3) is 0 Å². The molecule has 5 heteroatoms. The van der Waals surface area contributed by atoms with Crippen LogP contribution in [0.2, 0.25) is 0 Å². The van der Waals surface area contributed by atoms with E-state index in [0.29, 0.717) is 0 Å². The van der Waals surface area contributed by atoms with Gasteiger partial charge in [0.2, 0.25) is 5.91 Å². The van der Waals surface area contributed by atoms with Crippen LogP contribution in [0.3, 0.4) is 0 Å². The van der Waals surface area contributed by atoms with E-state index in [2.05, 4.69) is 55.3 Å². The summed E-state index contributed by atoms with van der Waals surface area (Å²) in [6.07, 6.45) is 2.56. The molecule has 0 bridgehead atoms. The third-order valence-corrected chi connectivity index (χ3v) is 6.61. The Morgan fingerprint density at radius 1 is 1.19 bits per heavy atom. The molecule has 0 aromatic heterocycles. The van der Waals surface area contributed by atoms with Crippen LogP contribution in [-0.2, 0) is 11.3 Å². The molecule has 1 amide bonds. The molecule has 1 saturated heterocycles. The number of amides is 1. The van der Waals surface area contributed by atoms with Crippen molar-refractivity contribution in [3.8, 4) is 11.5 Å². The van der Waals surface area contributed by atoms with Crippen LogP contribution < -0.4 is 14.8 Å². The van der Waals surface area contributed by atoms with Gasteiger partial charge >= 0.3 is 0 Å². The zero-order valence-electron chi connectivity index (χ0n) is 19.1. The molecule has 0 spiro atoms. The number of methoxy groups -OCH3 is 1. The highest BCUT2D eigenvalue weighted by molar-refractivity contribution is 5.79. The molecule has 166 valence electrons. The molecule has 1 N–H and O–H groups in total. The molecule has 2 aliphatic rings. The first-order valence-corrected chi connectivity index (χ1v) is 11.3. The van der Waals surface area contributed by atoms with Crippen molar-refractivity contribution < 1.29 is 14.3 Å². The van der Waals surface area contributed by atoms with Crippen LogP contribution in [0.15, 0.2) is 42.5 Å². The van der Waals surface area contributed by atoms with Crippen molar-refractivity contribution in [2.45, 2.75) is 58.2 Å². The number of likely N-dealkylation sites (tertiary alicyclic amines) is 1. The molecule has 2 aromatic carbocycles. The number of hydrogen-bond acceptors (Lipinski definition) is 4. The van der Waals surface area contributed by atoms with E-state index in [1.54, 1.807) is 7.11 Å². The van der Waals surface area contributed by atoms with Crippen LogP contribution in [-0.4, -0.2) is 36.6 Å². The van der Waals surface area contributed by atoms with E-state index < -0.39 is 0 Å². The van der Waals surface area contributed by atoms with Gasteiger partial charge in [-0.2, -0.15) is 0 Å². The molecule has 2 aliphatic heterocycles. The Bertz CT molecular complexity index is 932. The second-order valence-corrected chi connectivity index (χ2v) is 9.51. The highest BCUT2D eigenvalue weighted by Gasteiger charge is 2.36. The predicted octanol–water partition coefficient (Wildman–Crippen LogP) is 4.63. The fourth-order valence-corrected chi connectivity index (χ4v) is 4.76. The van der Waals surface area contributed by atoms with E-state index in [1.807, 2.05) is 18.2 Å². The number of carbonyl (C=O) groups excluding carboxylic acids is 1. The van der Waals surface area contributed by atoms with Crippen molar-refractivity contribution in [1.29, 1.82) is 0 Å². The molecule has 4 rings (SSSR count). The van der Waals surface area contributed by atoms with Gasteiger partial charge in [-0.25, -0.2) is 0 Å². The Balaban J connectivity index is 1.37. The third-order valence-electron chi connectivity index (χ3n) is 6.61. The molecule has 1 fully saturated rings. The van der Waals surface area contributed by atoms with E-state index in [0.717, 1.165) is 56.0 Å². The first-order chi connectivity index (χ1) is 14.8. The lowest BCUT2D eigenvalue weighted by Gasteiger charge is -2.39. The van der Waals surface area contributed by atoms with Gasteiger partial charge in [-0.1, -0.05) is 24.3 Å². The number of hydrogen-bond donors (Lipinski definition) is 1. The molecular weight excluding hydrogens is 388 g/mol. The summed E-state index contributed by atoms with van der Waals surface area (Å²) < 4.78 is 11.5. The molecule has 31 heavy (non-hydrogen) atoms. The number of aryl methyl sites for hydroxylation is 1. The number of nitrogens with zero attached hydrogens (tertiary/aromatic N) is 1. The second-order valence-electron chi connectivity index (χ2n) is 9.51. The normalized spacial score (nSPS) is 21.1. The van der Waals surface area contributed by atoms with Gasteiger partial charge in [0.05, 0.1) is 13.2 Å².